The van der Waals surface area contributed by atoms with E-state index in [1.165, 1.54) is 0 Å². The topological polar surface area (TPSA) is 30.7 Å². The van der Waals surface area contributed by atoms with Crippen LogP contribution >= 0.6 is 0 Å². The Hall–Kier alpha value is -1.00. The van der Waals surface area contributed by atoms with Gasteiger partial charge in [0.05, 0.1) is 0 Å². The molecule has 0 amide bonds. The van der Waals surface area contributed by atoms with Crippen molar-refractivity contribution in [3.8, 4) is 0 Å². The number of alkyl halides is 2. The number of aromatic nitrogens is 3. The second-order valence-electron chi connectivity index (χ2n) is 3.15. The van der Waals surface area contributed by atoms with Gasteiger partial charge in [-0.25, -0.2) is 0 Å². The molecule has 1 heterocycles. The molecule has 0 N–H and O–H groups in total. The summed E-state index contributed by atoms with van der Waals surface area (Å²) in [5.41, 5.74) is 0. The molecule has 74 valence electrons. The van der Waals surface area contributed by atoms with Gasteiger partial charge in [-0.05, 0) is 5.92 Å². The first-order valence-corrected chi connectivity index (χ1v) is 4.31. The van der Waals surface area contributed by atoms with Gasteiger partial charge in [0, 0.05) is 6.42 Å². The fourth-order valence-electron chi connectivity index (χ4n) is 1.03. The zero-order valence-corrected chi connectivity index (χ0v) is 7.74. The number of hydrogen-bond donors (Lipinski definition) is 0. The molecule has 3 nitrogen and oxygen atoms in total. The number of nitrogens with zero attached hydrogens (tertiary/aromatic N) is 3. The molecule has 1 aromatic heterocycles. The van der Waals surface area contributed by atoms with Crippen LogP contribution < -0.4 is 0 Å². The second-order valence-corrected chi connectivity index (χ2v) is 3.15. The van der Waals surface area contributed by atoms with Crippen LogP contribution in [0.15, 0.2) is 6.33 Å². The van der Waals surface area contributed by atoms with E-state index in [4.69, 9.17) is 0 Å². The van der Waals surface area contributed by atoms with Crippen molar-refractivity contribution in [1.29, 1.82) is 0 Å². The average molecular weight is 189 g/mol. The molecule has 0 aliphatic carbocycles. The average Bonchev–Trinajstić information content (AvgIpc) is 2.52. The Bertz CT molecular complexity index is 260. The van der Waals surface area contributed by atoms with Gasteiger partial charge in [-0.15, -0.1) is 10.2 Å². The number of hydrogen-bond acceptors (Lipinski definition) is 2. The highest BCUT2D eigenvalue weighted by molar-refractivity contribution is 4.87. The number of rotatable bonds is 4. The summed E-state index contributed by atoms with van der Waals surface area (Å²) >= 11 is 0. The van der Waals surface area contributed by atoms with Gasteiger partial charge in [-0.2, -0.15) is 8.78 Å². The highest BCUT2D eigenvalue weighted by atomic mass is 19.3. The van der Waals surface area contributed by atoms with Gasteiger partial charge < -0.3 is 0 Å². The minimum Gasteiger partial charge on any atom is -0.259 e. The lowest BCUT2D eigenvalue weighted by Crippen LogP contribution is -2.07. The molecule has 0 radical (unpaired) electrons. The predicted molar refractivity (Wildman–Crippen MR) is 44.4 cm³/mol. The van der Waals surface area contributed by atoms with Crippen molar-refractivity contribution in [3.05, 3.63) is 12.2 Å². The van der Waals surface area contributed by atoms with Crippen LogP contribution in [0, 0.1) is 5.92 Å². The van der Waals surface area contributed by atoms with Crippen molar-refractivity contribution in [1.82, 2.24) is 14.8 Å². The van der Waals surface area contributed by atoms with Gasteiger partial charge in [0.2, 0.25) is 0 Å². The van der Waals surface area contributed by atoms with E-state index < -0.39 is 6.55 Å². The van der Waals surface area contributed by atoms with Gasteiger partial charge in [-0.3, -0.25) is 4.57 Å². The zero-order chi connectivity index (χ0) is 9.84. The van der Waals surface area contributed by atoms with E-state index in [-0.39, 0.29) is 0 Å². The summed E-state index contributed by atoms with van der Waals surface area (Å²) in [7, 11) is 0. The summed E-state index contributed by atoms with van der Waals surface area (Å²) in [6.07, 6.45) is 2.58. The molecule has 0 saturated heterocycles. The molecule has 13 heavy (non-hydrogen) atoms. The van der Waals surface area contributed by atoms with E-state index in [2.05, 4.69) is 10.2 Å². The molecule has 1 aromatic rings. The predicted octanol–water partition coefficient (Wildman–Crippen LogP) is 2.26. The highest BCUT2D eigenvalue weighted by Crippen LogP contribution is 2.15. The fourth-order valence-corrected chi connectivity index (χ4v) is 1.03. The highest BCUT2D eigenvalue weighted by Gasteiger charge is 2.14. The molecule has 0 bridgehead atoms. The normalized spacial score (nSPS) is 13.6. The first kappa shape index (κ1) is 10.1. The SMILES string of the molecule is CCC(C)Cc1nncn1C(F)F. The van der Waals surface area contributed by atoms with Gasteiger partial charge in [0.25, 0.3) is 0 Å². The third-order valence-corrected chi connectivity index (χ3v) is 2.09. The summed E-state index contributed by atoms with van der Waals surface area (Å²) in [5.74, 6) is 0.728. The summed E-state index contributed by atoms with van der Waals surface area (Å²) in [6, 6.07) is 0. The third kappa shape index (κ3) is 2.47. The van der Waals surface area contributed by atoms with Crippen LogP contribution in [0.2, 0.25) is 0 Å². The van der Waals surface area contributed by atoms with Gasteiger partial charge in [0.1, 0.15) is 12.2 Å². The Balaban J connectivity index is 2.70. The van der Waals surface area contributed by atoms with Crippen LogP contribution in [0.25, 0.3) is 0 Å². The monoisotopic (exact) mass is 189 g/mol. The summed E-state index contributed by atoms with van der Waals surface area (Å²) in [4.78, 5) is 0. The van der Waals surface area contributed by atoms with E-state index in [1.54, 1.807) is 0 Å². The lowest BCUT2D eigenvalue weighted by Gasteiger charge is -2.08. The first-order chi connectivity index (χ1) is 6.15. The maximum absolute atomic E-state index is 12.3. The van der Waals surface area contributed by atoms with Crippen molar-refractivity contribution in [2.45, 2.75) is 33.2 Å². The zero-order valence-electron chi connectivity index (χ0n) is 7.74. The third-order valence-electron chi connectivity index (χ3n) is 2.09. The van der Waals surface area contributed by atoms with Crippen LogP contribution in [0.1, 0.15) is 32.6 Å². The minimum absolute atomic E-state index is 0.363. The van der Waals surface area contributed by atoms with Crippen molar-refractivity contribution < 1.29 is 8.78 Å². The van der Waals surface area contributed by atoms with Crippen molar-refractivity contribution in [2.24, 2.45) is 5.92 Å². The lowest BCUT2D eigenvalue weighted by atomic mass is 10.1. The van der Waals surface area contributed by atoms with E-state index in [9.17, 15) is 8.78 Å². The molecular formula is C8H13F2N3. The van der Waals surface area contributed by atoms with Crippen LogP contribution in [0.3, 0.4) is 0 Å². The molecule has 1 atom stereocenters. The fraction of sp³-hybridized carbons (Fsp3) is 0.750. The quantitative estimate of drug-likeness (QED) is 0.727. The molecule has 0 aromatic carbocycles. The lowest BCUT2D eigenvalue weighted by molar-refractivity contribution is 0.0661. The van der Waals surface area contributed by atoms with Crippen molar-refractivity contribution in [2.75, 3.05) is 0 Å². The first-order valence-electron chi connectivity index (χ1n) is 4.31. The summed E-state index contributed by atoms with van der Waals surface area (Å²) < 4.78 is 25.4. The Morgan fingerprint density at radius 1 is 1.54 bits per heavy atom. The molecule has 0 aliphatic rings. The molecule has 5 heteroatoms. The Morgan fingerprint density at radius 2 is 2.23 bits per heavy atom. The molecule has 0 aliphatic heterocycles. The van der Waals surface area contributed by atoms with Gasteiger partial charge in [-0.1, -0.05) is 20.3 Å². The van der Waals surface area contributed by atoms with Crippen molar-refractivity contribution >= 4 is 0 Å². The van der Waals surface area contributed by atoms with E-state index in [1.807, 2.05) is 13.8 Å². The standard InChI is InChI=1S/C8H13F2N3/c1-3-6(2)4-7-12-11-5-13(7)8(9)10/h5-6,8H,3-4H2,1-2H3. The van der Waals surface area contributed by atoms with Gasteiger partial charge in [0.15, 0.2) is 0 Å². The smallest absolute Gasteiger partial charge is 0.259 e. The maximum atomic E-state index is 12.3. The molecule has 1 unspecified atom stereocenters. The summed E-state index contributed by atoms with van der Waals surface area (Å²) in [6.45, 7) is 1.49. The molecule has 0 spiro atoms. The van der Waals surface area contributed by atoms with E-state index >= 15 is 0 Å². The Morgan fingerprint density at radius 3 is 2.77 bits per heavy atom. The van der Waals surface area contributed by atoms with E-state index in [0.717, 1.165) is 17.3 Å². The summed E-state index contributed by atoms with van der Waals surface area (Å²) in [5, 5.41) is 7.12. The van der Waals surface area contributed by atoms with Crippen LogP contribution in [-0.4, -0.2) is 14.8 Å². The van der Waals surface area contributed by atoms with Crippen LogP contribution in [0.4, 0.5) is 8.78 Å². The Kier molecular flexibility index (Phi) is 3.33. The molecule has 0 saturated carbocycles. The Labute approximate surface area is 75.8 Å². The molecular weight excluding hydrogens is 176 g/mol. The van der Waals surface area contributed by atoms with Crippen molar-refractivity contribution in [3.63, 3.8) is 0 Å². The van der Waals surface area contributed by atoms with E-state index in [0.29, 0.717) is 18.2 Å². The second kappa shape index (κ2) is 4.30. The van der Waals surface area contributed by atoms with Gasteiger partial charge >= 0.3 is 6.55 Å². The molecule has 1 rings (SSSR count). The van der Waals surface area contributed by atoms with Crippen LogP contribution in [0.5, 0.6) is 0 Å². The number of halogens is 2. The minimum atomic E-state index is -2.53. The maximum Gasteiger partial charge on any atom is 0.321 e. The van der Waals surface area contributed by atoms with Crippen LogP contribution in [-0.2, 0) is 6.42 Å². The largest absolute Gasteiger partial charge is 0.321 e. The molecule has 0 fully saturated rings.